The number of benzene rings is 2. The predicted octanol–water partition coefficient (Wildman–Crippen LogP) is 2.84. The van der Waals surface area contributed by atoms with Crippen molar-refractivity contribution in [2.24, 2.45) is 0 Å². The molecule has 2 aliphatic rings. The number of likely N-dealkylation sites (N-methyl/N-ethyl adjacent to an activating group) is 2. The number of fused-ring (bicyclic) bond motifs is 5. The van der Waals surface area contributed by atoms with Crippen molar-refractivity contribution in [1.82, 2.24) is 24.7 Å². The van der Waals surface area contributed by atoms with Crippen LogP contribution in [0.5, 0.6) is 0 Å². The molecule has 2 aliphatic heterocycles. The van der Waals surface area contributed by atoms with Gasteiger partial charge in [0.25, 0.3) is 5.91 Å². The molecule has 0 bridgehead atoms. The maximum atomic E-state index is 12.9. The fourth-order valence-electron chi connectivity index (χ4n) is 5.20. The van der Waals surface area contributed by atoms with Crippen molar-refractivity contribution in [3.05, 3.63) is 42.0 Å². The Morgan fingerprint density at radius 2 is 2.08 bits per heavy atom. The van der Waals surface area contributed by atoms with Crippen molar-refractivity contribution in [3.8, 4) is 11.4 Å². The number of likely N-dealkylation sites (tertiary alicyclic amines) is 1. The number of imidazole rings is 1. The fraction of sp³-hybridized carbons (Fsp3) is 0.444. The topological polar surface area (TPSA) is 94.5 Å². The number of nitrogens with one attached hydrogen (secondary N) is 3. The number of aromatic nitrogens is 2. The van der Waals surface area contributed by atoms with Gasteiger partial charge in [-0.05, 0) is 76.4 Å². The average molecular weight is 490 g/mol. The van der Waals surface area contributed by atoms with E-state index in [4.69, 9.17) is 4.98 Å². The van der Waals surface area contributed by atoms with Gasteiger partial charge >= 0.3 is 0 Å². The molecule has 1 unspecified atom stereocenters. The van der Waals surface area contributed by atoms with Crippen LogP contribution >= 0.6 is 0 Å². The zero-order chi connectivity index (χ0) is 25.2. The molecule has 1 fully saturated rings. The van der Waals surface area contributed by atoms with Crippen molar-refractivity contribution in [2.45, 2.75) is 32.4 Å². The molecule has 2 amide bonds. The summed E-state index contributed by atoms with van der Waals surface area (Å²) >= 11 is 0. The minimum Gasteiger partial charge on any atom is -0.384 e. The number of carbonyl (C=O) groups is 2. The maximum absolute atomic E-state index is 12.9. The van der Waals surface area contributed by atoms with Gasteiger partial charge in [-0.15, -0.1) is 0 Å². The zero-order valence-corrected chi connectivity index (χ0v) is 21.3. The third-order valence-electron chi connectivity index (χ3n) is 7.14. The Balaban J connectivity index is 1.41. The van der Waals surface area contributed by atoms with Gasteiger partial charge < -0.3 is 25.4 Å². The van der Waals surface area contributed by atoms with Gasteiger partial charge in [-0.1, -0.05) is 6.92 Å². The second-order valence-corrected chi connectivity index (χ2v) is 9.90. The maximum Gasteiger partial charge on any atom is 0.251 e. The monoisotopic (exact) mass is 489 g/mol. The van der Waals surface area contributed by atoms with Crippen LogP contribution in [0.15, 0.2) is 36.4 Å². The first-order chi connectivity index (χ1) is 17.4. The van der Waals surface area contributed by atoms with Crippen LogP contribution in [0.4, 0.5) is 11.4 Å². The molecule has 1 saturated heterocycles. The van der Waals surface area contributed by atoms with Crippen LogP contribution in [-0.4, -0.2) is 84.0 Å². The number of anilines is 2. The Bertz CT molecular complexity index is 1280. The molecule has 0 saturated carbocycles. The number of rotatable bonds is 8. The third kappa shape index (κ3) is 4.94. The van der Waals surface area contributed by atoms with Crippen molar-refractivity contribution >= 4 is 34.2 Å². The zero-order valence-electron chi connectivity index (χ0n) is 21.3. The molecule has 190 valence electrons. The van der Waals surface area contributed by atoms with Crippen LogP contribution in [0.3, 0.4) is 0 Å². The quantitative estimate of drug-likeness (QED) is 0.451. The van der Waals surface area contributed by atoms with Crippen molar-refractivity contribution in [3.63, 3.8) is 0 Å². The smallest absolute Gasteiger partial charge is 0.251 e. The Morgan fingerprint density at radius 1 is 1.22 bits per heavy atom. The van der Waals surface area contributed by atoms with Crippen LogP contribution in [-0.2, 0) is 11.3 Å². The first-order valence-electron chi connectivity index (χ1n) is 12.8. The first-order valence-corrected chi connectivity index (χ1v) is 12.8. The standard InChI is InChI=1S/C27H35N7O2/c1-4-33-12-5-6-20(33)16-29-27(36)18-7-10-24-23(14-18)31-26-21-15-19(28-11-13-32(2)3)8-9-22(21)30-25(35)17-34(24)26/h7-10,14-15,20,28H,4-6,11-13,16-17H2,1-3H3,(H,29,36)(H,30,35). The summed E-state index contributed by atoms with van der Waals surface area (Å²) in [5.74, 6) is 0.534. The van der Waals surface area contributed by atoms with Crippen LogP contribution in [0, 0.1) is 0 Å². The van der Waals surface area contributed by atoms with Crippen LogP contribution in [0.1, 0.15) is 30.1 Å². The van der Waals surface area contributed by atoms with E-state index >= 15 is 0 Å². The third-order valence-corrected chi connectivity index (χ3v) is 7.14. The summed E-state index contributed by atoms with van der Waals surface area (Å²) in [6, 6.07) is 11.9. The molecule has 1 aromatic heterocycles. The van der Waals surface area contributed by atoms with E-state index in [0.29, 0.717) is 23.7 Å². The minimum atomic E-state index is -0.0959. The van der Waals surface area contributed by atoms with Crippen molar-refractivity contribution in [2.75, 3.05) is 57.5 Å². The second kappa shape index (κ2) is 10.3. The van der Waals surface area contributed by atoms with Gasteiger partial charge in [-0.3, -0.25) is 14.5 Å². The number of nitrogens with zero attached hydrogens (tertiary/aromatic N) is 4. The summed E-state index contributed by atoms with van der Waals surface area (Å²) in [7, 11) is 4.08. The lowest BCUT2D eigenvalue weighted by Gasteiger charge is -2.22. The van der Waals surface area contributed by atoms with E-state index in [9.17, 15) is 9.59 Å². The number of hydrogen-bond donors (Lipinski definition) is 3. The minimum absolute atomic E-state index is 0.0893. The first kappa shape index (κ1) is 24.3. The molecule has 9 nitrogen and oxygen atoms in total. The molecule has 0 aliphatic carbocycles. The van der Waals surface area contributed by atoms with E-state index in [2.05, 4.69) is 32.7 Å². The summed E-state index contributed by atoms with van der Waals surface area (Å²) in [5.41, 5.74) is 4.70. The molecular weight excluding hydrogens is 454 g/mol. The van der Waals surface area contributed by atoms with Crippen molar-refractivity contribution in [1.29, 1.82) is 0 Å². The molecule has 3 heterocycles. The Labute approximate surface area is 211 Å². The van der Waals surface area contributed by atoms with Crippen LogP contribution in [0.2, 0.25) is 0 Å². The number of carbonyl (C=O) groups excluding carboxylic acids is 2. The fourth-order valence-corrected chi connectivity index (χ4v) is 5.20. The summed E-state index contributed by atoms with van der Waals surface area (Å²) in [6.07, 6.45) is 2.30. The van der Waals surface area contributed by atoms with E-state index in [1.165, 1.54) is 6.42 Å². The normalized spacial score (nSPS) is 17.6. The van der Waals surface area contributed by atoms with E-state index < -0.39 is 0 Å². The molecular formula is C27H35N7O2. The largest absolute Gasteiger partial charge is 0.384 e. The highest BCUT2D eigenvalue weighted by atomic mass is 16.2. The van der Waals surface area contributed by atoms with Crippen molar-refractivity contribution < 1.29 is 9.59 Å². The van der Waals surface area contributed by atoms with Gasteiger partial charge in [-0.25, -0.2) is 4.98 Å². The Kier molecular flexibility index (Phi) is 6.93. The lowest BCUT2D eigenvalue weighted by Crippen LogP contribution is -2.40. The summed E-state index contributed by atoms with van der Waals surface area (Å²) in [5, 5.41) is 9.55. The van der Waals surface area contributed by atoms with Gasteiger partial charge in [0.2, 0.25) is 5.91 Å². The van der Waals surface area contributed by atoms with Crippen LogP contribution in [0.25, 0.3) is 22.4 Å². The van der Waals surface area contributed by atoms with Crippen LogP contribution < -0.4 is 16.0 Å². The van der Waals surface area contributed by atoms with E-state index in [0.717, 1.165) is 60.9 Å². The highest BCUT2D eigenvalue weighted by molar-refractivity contribution is 6.01. The van der Waals surface area contributed by atoms with Gasteiger partial charge in [0.05, 0.1) is 16.7 Å². The molecule has 1 atom stereocenters. The average Bonchev–Trinajstić information content (AvgIpc) is 3.43. The highest BCUT2D eigenvalue weighted by Gasteiger charge is 2.25. The molecule has 0 radical (unpaired) electrons. The second-order valence-electron chi connectivity index (χ2n) is 9.90. The molecule has 36 heavy (non-hydrogen) atoms. The highest BCUT2D eigenvalue weighted by Crippen LogP contribution is 2.35. The Morgan fingerprint density at radius 3 is 2.89 bits per heavy atom. The van der Waals surface area contributed by atoms with Gasteiger partial charge in [-0.2, -0.15) is 0 Å². The summed E-state index contributed by atoms with van der Waals surface area (Å²) in [4.78, 5) is 35.0. The van der Waals surface area contributed by atoms with E-state index in [1.54, 1.807) is 0 Å². The van der Waals surface area contributed by atoms with Gasteiger partial charge in [0.15, 0.2) is 0 Å². The number of hydrogen-bond acceptors (Lipinski definition) is 6. The molecule has 5 rings (SSSR count). The van der Waals surface area contributed by atoms with Gasteiger partial charge in [0, 0.05) is 42.5 Å². The Hall–Kier alpha value is -3.43. The molecule has 9 heteroatoms. The molecule has 2 aromatic carbocycles. The summed E-state index contributed by atoms with van der Waals surface area (Å²) < 4.78 is 1.93. The predicted molar refractivity (Wildman–Crippen MR) is 143 cm³/mol. The molecule has 3 aromatic rings. The molecule has 0 spiro atoms. The lowest BCUT2D eigenvalue weighted by atomic mass is 10.1. The lowest BCUT2D eigenvalue weighted by molar-refractivity contribution is -0.116. The number of amides is 2. The van der Waals surface area contributed by atoms with E-state index in [1.807, 2.05) is 55.1 Å². The van der Waals surface area contributed by atoms with E-state index in [-0.39, 0.29) is 18.4 Å². The summed E-state index contributed by atoms with van der Waals surface area (Å²) in [6.45, 7) is 6.82. The SMILES string of the molecule is CCN1CCCC1CNC(=O)c1ccc2c(c1)nc1n2CC(=O)Nc2ccc(NCCN(C)C)cc2-1. The molecule has 3 N–H and O–H groups in total. The van der Waals surface area contributed by atoms with Gasteiger partial charge in [0.1, 0.15) is 12.4 Å².